The van der Waals surface area contributed by atoms with Crippen molar-refractivity contribution < 1.29 is 9.47 Å². The molecule has 2 aliphatic heterocycles. The number of nitrogens with zero attached hydrogens (tertiary/aromatic N) is 3. The second-order valence-electron chi connectivity index (χ2n) is 8.33. The minimum atomic E-state index is 0.256. The summed E-state index contributed by atoms with van der Waals surface area (Å²) in [5.74, 6) is 0.996. The maximum absolute atomic E-state index is 8.94. The molecule has 2 aliphatic rings. The lowest BCUT2D eigenvalue weighted by Crippen LogP contribution is -2.37. The Labute approximate surface area is 177 Å². The summed E-state index contributed by atoms with van der Waals surface area (Å²) in [6.07, 6.45) is 5.57. The molecule has 1 atom stereocenters. The minimum Gasteiger partial charge on any atom is -0.490 e. The topological polar surface area (TPSA) is 50.4 Å². The van der Waals surface area contributed by atoms with E-state index in [0.29, 0.717) is 11.6 Å². The molecule has 0 radical (unpaired) electrons. The summed E-state index contributed by atoms with van der Waals surface area (Å²) < 4.78 is 14.4. The number of piperidine rings is 1. The molecular weight excluding hydrogens is 374 g/mol. The van der Waals surface area contributed by atoms with E-state index in [4.69, 9.17) is 14.7 Å². The lowest BCUT2D eigenvalue weighted by atomic mass is 10.1. The minimum absolute atomic E-state index is 0.256. The molecule has 0 saturated carbocycles. The van der Waals surface area contributed by atoms with Crippen LogP contribution in [0.25, 0.3) is 10.9 Å². The molecule has 0 aliphatic carbocycles. The van der Waals surface area contributed by atoms with E-state index in [2.05, 4.69) is 58.1 Å². The molecule has 2 saturated heterocycles. The lowest BCUT2D eigenvalue weighted by Gasteiger charge is -2.32. The average Bonchev–Trinajstić information content (AvgIpc) is 3.46. The quantitative estimate of drug-likeness (QED) is 0.631. The van der Waals surface area contributed by atoms with Crippen LogP contribution in [0.5, 0.6) is 5.75 Å². The van der Waals surface area contributed by atoms with Gasteiger partial charge in [0.2, 0.25) is 0 Å². The lowest BCUT2D eigenvalue weighted by molar-refractivity contribution is 0.0980. The molecule has 3 heterocycles. The maximum Gasteiger partial charge on any atom is 0.129 e. The number of hydrogen-bond donors (Lipinski definition) is 0. The molecule has 5 rings (SSSR count). The van der Waals surface area contributed by atoms with Crippen LogP contribution in [0.2, 0.25) is 0 Å². The van der Waals surface area contributed by atoms with Gasteiger partial charge in [0.25, 0.3) is 0 Å². The first-order valence-electron chi connectivity index (χ1n) is 10.9. The van der Waals surface area contributed by atoms with Gasteiger partial charge >= 0.3 is 0 Å². The van der Waals surface area contributed by atoms with Crippen molar-refractivity contribution in [2.75, 3.05) is 26.3 Å². The zero-order valence-electron chi connectivity index (χ0n) is 17.2. The number of nitriles is 1. The third-order valence-electron chi connectivity index (χ3n) is 6.34. The second-order valence-corrected chi connectivity index (χ2v) is 8.33. The number of fused-ring (bicyclic) bond motifs is 1. The first kappa shape index (κ1) is 19.2. The molecule has 154 valence electrons. The van der Waals surface area contributed by atoms with Crippen molar-refractivity contribution in [2.45, 2.75) is 38.0 Å². The van der Waals surface area contributed by atoms with E-state index in [9.17, 15) is 0 Å². The van der Waals surface area contributed by atoms with E-state index in [1.54, 1.807) is 0 Å². The predicted octanol–water partition coefficient (Wildman–Crippen LogP) is 4.52. The fraction of sp³-hybridized carbons (Fsp3) is 0.400. The molecule has 5 heteroatoms. The summed E-state index contributed by atoms with van der Waals surface area (Å²) in [4.78, 5) is 2.47. The zero-order chi connectivity index (χ0) is 20.3. The van der Waals surface area contributed by atoms with Crippen LogP contribution in [-0.2, 0) is 11.3 Å². The number of rotatable bonds is 5. The summed E-state index contributed by atoms with van der Waals surface area (Å²) >= 11 is 0. The predicted molar refractivity (Wildman–Crippen MR) is 116 cm³/mol. The number of hydrogen-bond acceptors (Lipinski definition) is 4. The normalized spacial score (nSPS) is 20.4. The van der Waals surface area contributed by atoms with Crippen LogP contribution in [0, 0.1) is 11.3 Å². The van der Waals surface area contributed by atoms with Gasteiger partial charge in [0.05, 0.1) is 29.8 Å². The van der Waals surface area contributed by atoms with Crippen LogP contribution in [0.15, 0.2) is 54.7 Å². The molecule has 2 fully saturated rings. The number of aromatic nitrogens is 1. The Morgan fingerprint density at radius 2 is 1.87 bits per heavy atom. The summed E-state index contributed by atoms with van der Waals surface area (Å²) in [5.41, 5.74) is 3.21. The Balaban J connectivity index is 1.21. The van der Waals surface area contributed by atoms with E-state index >= 15 is 0 Å². The molecule has 0 N–H and O–H groups in total. The van der Waals surface area contributed by atoms with E-state index in [-0.39, 0.29) is 6.10 Å². The monoisotopic (exact) mass is 401 g/mol. The first-order valence-corrected chi connectivity index (χ1v) is 10.9. The van der Waals surface area contributed by atoms with Crippen molar-refractivity contribution in [2.24, 2.45) is 0 Å². The highest BCUT2D eigenvalue weighted by atomic mass is 16.5. The van der Waals surface area contributed by atoms with E-state index in [1.807, 2.05) is 12.1 Å². The molecule has 1 unspecified atom stereocenters. The Morgan fingerprint density at radius 3 is 2.60 bits per heavy atom. The van der Waals surface area contributed by atoms with Crippen molar-refractivity contribution in [3.8, 4) is 11.8 Å². The number of benzene rings is 2. The summed E-state index contributed by atoms with van der Waals surface area (Å²) in [7, 11) is 0. The highest BCUT2D eigenvalue weighted by molar-refractivity contribution is 5.86. The zero-order valence-corrected chi connectivity index (χ0v) is 17.2. The Morgan fingerprint density at radius 1 is 1.03 bits per heavy atom. The smallest absolute Gasteiger partial charge is 0.129 e. The third-order valence-corrected chi connectivity index (χ3v) is 6.34. The van der Waals surface area contributed by atoms with Gasteiger partial charge in [-0.05, 0) is 55.2 Å². The van der Waals surface area contributed by atoms with Gasteiger partial charge in [-0.2, -0.15) is 5.26 Å². The van der Waals surface area contributed by atoms with Crippen LogP contribution < -0.4 is 4.74 Å². The van der Waals surface area contributed by atoms with E-state index in [0.717, 1.165) is 57.9 Å². The van der Waals surface area contributed by atoms with Gasteiger partial charge in [-0.15, -0.1) is 0 Å². The van der Waals surface area contributed by atoms with Crippen LogP contribution in [0.1, 0.15) is 36.4 Å². The van der Waals surface area contributed by atoms with Gasteiger partial charge in [-0.25, -0.2) is 0 Å². The molecule has 0 spiro atoms. The SMILES string of the molecule is N#Cc1ccc(CN2CCC(Oc3cccc4c3ccn4C3CCOC3)CC2)cc1. The standard InChI is InChI=1S/C25H27N3O2/c26-16-19-4-6-20(7-5-19)17-27-12-8-22(9-13-27)30-25-3-1-2-24-23(25)10-14-28(24)21-11-15-29-18-21/h1-7,10,14,21-22H,8-9,11-13,15,17-18H2. The summed E-state index contributed by atoms with van der Waals surface area (Å²) in [5, 5.41) is 10.1. The molecule has 2 aromatic carbocycles. The van der Waals surface area contributed by atoms with Gasteiger partial charge in [0, 0.05) is 37.8 Å². The fourth-order valence-corrected chi connectivity index (χ4v) is 4.63. The molecule has 3 aromatic rings. The van der Waals surface area contributed by atoms with Crippen molar-refractivity contribution in [3.05, 3.63) is 65.9 Å². The Kier molecular flexibility index (Phi) is 5.44. The molecule has 1 aromatic heterocycles. The average molecular weight is 402 g/mol. The third kappa shape index (κ3) is 3.94. The largest absolute Gasteiger partial charge is 0.490 e. The van der Waals surface area contributed by atoms with Crippen LogP contribution >= 0.6 is 0 Å². The van der Waals surface area contributed by atoms with Crippen LogP contribution in [-0.4, -0.2) is 41.9 Å². The Bertz CT molecular complexity index is 1040. The molecule has 5 nitrogen and oxygen atoms in total. The second kappa shape index (κ2) is 8.51. The highest BCUT2D eigenvalue weighted by Crippen LogP contribution is 2.32. The Hall–Kier alpha value is -2.81. The molecule has 30 heavy (non-hydrogen) atoms. The fourth-order valence-electron chi connectivity index (χ4n) is 4.63. The number of likely N-dealkylation sites (tertiary alicyclic amines) is 1. The van der Waals surface area contributed by atoms with Crippen molar-refractivity contribution in [3.63, 3.8) is 0 Å². The summed E-state index contributed by atoms with van der Waals surface area (Å²) in [6.45, 7) is 4.64. The molecule has 0 amide bonds. The maximum atomic E-state index is 8.94. The van der Waals surface area contributed by atoms with Gasteiger partial charge in [0.1, 0.15) is 11.9 Å². The summed E-state index contributed by atoms with van der Waals surface area (Å²) in [6, 6.07) is 19.1. The molecular formula is C25H27N3O2. The molecule has 0 bridgehead atoms. The van der Waals surface area contributed by atoms with Crippen LogP contribution in [0.4, 0.5) is 0 Å². The van der Waals surface area contributed by atoms with Crippen molar-refractivity contribution in [1.29, 1.82) is 5.26 Å². The van der Waals surface area contributed by atoms with E-state index in [1.165, 1.54) is 16.5 Å². The van der Waals surface area contributed by atoms with E-state index < -0.39 is 0 Å². The highest BCUT2D eigenvalue weighted by Gasteiger charge is 2.23. The van der Waals surface area contributed by atoms with Crippen LogP contribution in [0.3, 0.4) is 0 Å². The van der Waals surface area contributed by atoms with Crippen molar-refractivity contribution in [1.82, 2.24) is 9.47 Å². The van der Waals surface area contributed by atoms with Crippen molar-refractivity contribution >= 4 is 10.9 Å². The first-order chi connectivity index (χ1) is 14.8. The number of ether oxygens (including phenoxy) is 2. The van der Waals surface area contributed by atoms with Gasteiger partial charge in [0.15, 0.2) is 0 Å². The van der Waals surface area contributed by atoms with Gasteiger partial charge in [-0.1, -0.05) is 18.2 Å². The van der Waals surface area contributed by atoms with Gasteiger partial charge < -0.3 is 14.0 Å². The van der Waals surface area contributed by atoms with Gasteiger partial charge in [-0.3, -0.25) is 4.90 Å².